The van der Waals surface area contributed by atoms with Gasteiger partial charge in [-0.3, -0.25) is 0 Å². The van der Waals surface area contributed by atoms with Crippen LogP contribution in [0.1, 0.15) is 18.4 Å². The van der Waals surface area contributed by atoms with E-state index >= 15 is 0 Å². The Morgan fingerprint density at radius 2 is 2.29 bits per heavy atom. The van der Waals surface area contributed by atoms with Crippen molar-refractivity contribution in [3.05, 3.63) is 28.8 Å². The van der Waals surface area contributed by atoms with Gasteiger partial charge in [0.25, 0.3) is 0 Å². The molecular formula is C14H18ClN3O2S. The Labute approximate surface area is 130 Å². The highest BCUT2D eigenvalue weighted by atomic mass is 35.5. The smallest absolute Gasteiger partial charge is 0.208 e. The molecule has 1 aromatic carbocycles. The summed E-state index contributed by atoms with van der Waals surface area (Å²) in [6.07, 6.45) is 3.08. The summed E-state index contributed by atoms with van der Waals surface area (Å²) in [5, 5.41) is 9.78. The number of nitrogens with zero attached hydrogens (tertiary/aromatic N) is 2. The van der Waals surface area contributed by atoms with Gasteiger partial charge in [0, 0.05) is 19.6 Å². The van der Waals surface area contributed by atoms with Gasteiger partial charge in [0.1, 0.15) is 6.07 Å². The molecule has 7 heteroatoms. The van der Waals surface area contributed by atoms with Gasteiger partial charge in [-0.25, -0.2) is 13.1 Å². The third-order valence-corrected chi connectivity index (χ3v) is 4.57. The van der Waals surface area contributed by atoms with Crippen molar-refractivity contribution >= 4 is 27.3 Å². The highest BCUT2D eigenvalue weighted by molar-refractivity contribution is 7.88. The number of hydrogen-bond donors (Lipinski definition) is 1. The molecule has 1 heterocycles. The number of anilines is 1. The van der Waals surface area contributed by atoms with Crippen LogP contribution in [0.2, 0.25) is 5.02 Å². The number of para-hydroxylation sites is 1. The maximum absolute atomic E-state index is 11.2. The second kappa shape index (κ2) is 6.65. The van der Waals surface area contributed by atoms with Crippen LogP contribution in [0.25, 0.3) is 0 Å². The summed E-state index contributed by atoms with van der Waals surface area (Å²) >= 11 is 6.23. The zero-order valence-corrected chi connectivity index (χ0v) is 13.4. The van der Waals surface area contributed by atoms with Gasteiger partial charge in [-0.05, 0) is 30.9 Å². The van der Waals surface area contributed by atoms with Crippen molar-refractivity contribution in [3.8, 4) is 6.07 Å². The molecule has 0 aromatic heterocycles. The van der Waals surface area contributed by atoms with Crippen molar-refractivity contribution in [2.24, 2.45) is 5.92 Å². The van der Waals surface area contributed by atoms with Gasteiger partial charge in [0.2, 0.25) is 10.0 Å². The van der Waals surface area contributed by atoms with E-state index in [0.29, 0.717) is 23.7 Å². The summed E-state index contributed by atoms with van der Waals surface area (Å²) in [6.45, 7) is 1.94. The van der Waals surface area contributed by atoms with Crippen LogP contribution in [0.5, 0.6) is 0 Å². The highest BCUT2D eigenvalue weighted by Crippen LogP contribution is 2.32. The van der Waals surface area contributed by atoms with Gasteiger partial charge in [-0.1, -0.05) is 17.7 Å². The van der Waals surface area contributed by atoms with Crippen LogP contribution in [-0.2, 0) is 10.0 Å². The third kappa shape index (κ3) is 4.34. The molecule has 0 aliphatic carbocycles. The van der Waals surface area contributed by atoms with E-state index in [1.807, 2.05) is 0 Å². The van der Waals surface area contributed by atoms with Gasteiger partial charge in [-0.15, -0.1) is 0 Å². The Kier molecular flexibility index (Phi) is 5.09. The maximum atomic E-state index is 11.2. The van der Waals surface area contributed by atoms with Gasteiger partial charge in [0.15, 0.2) is 0 Å². The first-order valence-electron chi connectivity index (χ1n) is 6.79. The first-order valence-corrected chi connectivity index (χ1v) is 9.06. The zero-order valence-electron chi connectivity index (χ0n) is 11.8. The maximum Gasteiger partial charge on any atom is 0.208 e. The topological polar surface area (TPSA) is 73.2 Å². The van der Waals surface area contributed by atoms with E-state index in [1.54, 1.807) is 18.2 Å². The molecule has 0 spiro atoms. The molecule has 0 bridgehead atoms. The molecule has 0 amide bonds. The molecule has 114 valence electrons. The van der Waals surface area contributed by atoms with Crippen LogP contribution < -0.4 is 9.62 Å². The number of nitriles is 1. The minimum absolute atomic E-state index is 0.219. The summed E-state index contributed by atoms with van der Waals surface area (Å²) in [6, 6.07) is 7.45. The summed E-state index contributed by atoms with van der Waals surface area (Å²) in [5.41, 5.74) is 1.31. The minimum atomic E-state index is -3.17. The Bertz CT molecular complexity index is 655. The molecule has 21 heavy (non-hydrogen) atoms. The number of sulfonamides is 1. The third-order valence-electron chi connectivity index (χ3n) is 3.58. The summed E-state index contributed by atoms with van der Waals surface area (Å²) in [7, 11) is -3.17. The molecule has 1 fully saturated rings. The van der Waals surface area contributed by atoms with Crippen LogP contribution in [0.4, 0.5) is 5.69 Å². The van der Waals surface area contributed by atoms with E-state index in [4.69, 9.17) is 11.6 Å². The van der Waals surface area contributed by atoms with Crippen LogP contribution in [-0.4, -0.2) is 34.3 Å². The molecule has 1 aliphatic rings. The molecule has 0 saturated carbocycles. The Morgan fingerprint density at radius 1 is 1.52 bits per heavy atom. The average Bonchev–Trinajstić information content (AvgIpc) is 2.44. The Balaban J connectivity index is 2.13. The fourth-order valence-electron chi connectivity index (χ4n) is 2.63. The normalized spacial score (nSPS) is 19.3. The van der Waals surface area contributed by atoms with Crippen LogP contribution in [0.3, 0.4) is 0 Å². The van der Waals surface area contributed by atoms with Crippen LogP contribution in [0, 0.1) is 17.2 Å². The lowest BCUT2D eigenvalue weighted by Gasteiger charge is -2.35. The minimum Gasteiger partial charge on any atom is -0.369 e. The molecule has 0 unspecified atom stereocenters. The summed E-state index contributed by atoms with van der Waals surface area (Å²) < 4.78 is 24.9. The first-order chi connectivity index (χ1) is 9.90. The van der Waals surface area contributed by atoms with Gasteiger partial charge in [0.05, 0.1) is 22.5 Å². The summed E-state index contributed by atoms with van der Waals surface area (Å²) in [4.78, 5) is 2.08. The Hall–Kier alpha value is -1.29. The van der Waals surface area contributed by atoms with E-state index in [1.165, 1.54) is 0 Å². The highest BCUT2D eigenvalue weighted by Gasteiger charge is 2.24. The number of rotatable bonds is 4. The fraction of sp³-hybridized carbons (Fsp3) is 0.500. The molecule has 1 aromatic rings. The van der Waals surface area contributed by atoms with Crippen molar-refractivity contribution in [2.45, 2.75) is 12.8 Å². The number of nitrogens with one attached hydrogen (secondary N) is 1. The van der Waals surface area contributed by atoms with Gasteiger partial charge in [-0.2, -0.15) is 5.26 Å². The lowest BCUT2D eigenvalue weighted by atomic mass is 9.97. The van der Waals surface area contributed by atoms with E-state index in [2.05, 4.69) is 15.7 Å². The van der Waals surface area contributed by atoms with Crippen molar-refractivity contribution < 1.29 is 8.42 Å². The van der Waals surface area contributed by atoms with Crippen molar-refractivity contribution in [2.75, 3.05) is 30.8 Å². The molecule has 0 radical (unpaired) electrons. The van der Waals surface area contributed by atoms with Crippen molar-refractivity contribution in [1.29, 1.82) is 5.26 Å². The second-order valence-corrected chi connectivity index (χ2v) is 7.56. The SMILES string of the molecule is CS(=O)(=O)NC[C@H]1CCCN(c2c(Cl)cccc2C#N)C1. The van der Waals surface area contributed by atoms with Crippen molar-refractivity contribution in [1.82, 2.24) is 4.72 Å². The van der Waals surface area contributed by atoms with Gasteiger partial charge >= 0.3 is 0 Å². The molecule has 1 N–H and O–H groups in total. The lowest BCUT2D eigenvalue weighted by molar-refractivity contribution is 0.411. The molecule has 2 rings (SSSR count). The molecule has 1 saturated heterocycles. The molecular weight excluding hydrogens is 310 g/mol. The number of halogens is 1. The predicted molar refractivity (Wildman–Crippen MR) is 84.0 cm³/mol. The monoisotopic (exact) mass is 327 g/mol. The van der Waals surface area contributed by atoms with E-state index < -0.39 is 10.0 Å². The molecule has 5 nitrogen and oxygen atoms in total. The number of hydrogen-bond acceptors (Lipinski definition) is 4. The van der Waals surface area contributed by atoms with E-state index in [0.717, 1.165) is 31.3 Å². The fourth-order valence-corrected chi connectivity index (χ4v) is 3.46. The average molecular weight is 328 g/mol. The quantitative estimate of drug-likeness (QED) is 0.917. The Morgan fingerprint density at radius 3 is 2.95 bits per heavy atom. The zero-order chi connectivity index (χ0) is 15.5. The second-order valence-electron chi connectivity index (χ2n) is 5.32. The largest absolute Gasteiger partial charge is 0.369 e. The standard InChI is InChI=1S/C14H18ClN3O2S/c1-21(19,20)17-9-11-4-3-7-18(10-11)14-12(8-16)5-2-6-13(14)15/h2,5-6,11,17H,3-4,7,9-10H2,1H3/t11-/m1/s1. The van der Waals surface area contributed by atoms with Crippen molar-refractivity contribution in [3.63, 3.8) is 0 Å². The predicted octanol–water partition coefficient (Wildman–Crippen LogP) is 1.98. The molecule has 1 aliphatic heterocycles. The first kappa shape index (κ1) is 16.1. The number of benzene rings is 1. The summed E-state index contributed by atoms with van der Waals surface area (Å²) in [5.74, 6) is 0.219. The molecule has 1 atom stereocenters. The lowest BCUT2D eigenvalue weighted by Crippen LogP contribution is -2.41. The van der Waals surface area contributed by atoms with E-state index in [-0.39, 0.29) is 5.92 Å². The van der Waals surface area contributed by atoms with Gasteiger partial charge < -0.3 is 4.90 Å². The van der Waals surface area contributed by atoms with Crippen LogP contribution >= 0.6 is 11.6 Å². The van der Waals surface area contributed by atoms with E-state index in [9.17, 15) is 13.7 Å². The van der Waals surface area contributed by atoms with Crippen LogP contribution in [0.15, 0.2) is 18.2 Å². The number of piperidine rings is 1.